The summed E-state index contributed by atoms with van der Waals surface area (Å²) in [5.74, 6) is 0. The Hall–Kier alpha value is -0.970. The summed E-state index contributed by atoms with van der Waals surface area (Å²) in [6.45, 7) is 2.65. The third-order valence-corrected chi connectivity index (χ3v) is 2.35. The lowest BCUT2D eigenvalue weighted by atomic mass is 10.0. The molecule has 0 amide bonds. The number of alkyl halides is 3. The predicted molar refractivity (Wildman–Crippen MR) is 55.0 cm³/mol. The van der Waals surface area contributed by atoms with Crippen molar-refractivity contribution < 1.29 is 17.6 Å². The van der Waals surface area contributed by atoms with Crippen LogP contribution in [0, 0.1) is 0 Å². The second-order valence-corrected chi connectivity index (χ2v) is 3.67. The highest BCUT2D eigenvalue weighted by atomic mass is 19.4. The molecular weight excluding hydrogens is 219 g/mol. The first-order valence-electron chi connectivity index (χ1n) is 5.35. The molecule has 1 rings (SSSR count). The molecule has 0 aromatic carbocycles. The normalized spacial score (nSPS) is 14.0. The second-order valence-electron chi connectivity index (χ2n) is 3.67. The van der Waals surface area contributed by atoms with E-state index in [4.69, 9.17) is 4.42 Å². The molecule has 0 saturated heterocycles. The van der Waals surface area contributed by atoms with Crippen molar-refractivity contribution in [3.8, 4) is 0 Å². The molecule has 1 N–H and O–H groups in total. The number of halogens is 3. The smallest absolute Gasteiger partial charge is 0.389 e. The van der Waals surface area contributed by atoms with Gasteiger partial charge in [-0.25, -0.2) is 0 Å². The highest BCUT2D eigenvalue weighted by molar-refractivity contribution is 5.11. The van der Waals surface area contributed by atoms with Gasteiger partial charge >= 0.3 is 6.18 Å². The molecule has 0 radical (unpaired) electrons. The first-order chi connectivity index (χ1) is 7.53. The molecule has 0 bridgehead atoms. The summed E-state index contributed by atoms with van der Waals surface area (Å²) in [6.07, 6.45) is -1.09. The first-order valence-corrected chi connectivity index (χ1v) is 5.35. The Labute approximate surface area is 92.8 Å². The molecule has 0 spiro atoms. The van der Waals surface area contributed by atoms with E-state index in [9.17, 15) is 13.2 Å². The van der Waals surface area contributed by atoms with Gasteiger partial charge in [-0.05, 0) is 25.5 Å². The monoisotopic (exact) mass is 235 g/mol. The molecule has 92 valence electrons. The van der Waals surface area contributed by atoms with Gasteiger partial charge in [0.2, 0.25) is 0 Å². The Morgan fingerprint density at radius 3 is 2.69 bits per heavy atom. The van der Waals surface area contributed by atoms with Crippen molar-refractivity contribution in [2.45, 2.75) is 38.4 Å². The van der Waals surface area contributed by atoms with Crippen LogP contribution in [0.25, 0.3) is 0 Å². The summed E-state index contributed by atoms with van der Waals surface area (Å²) in [5, 5.41) is 3.14. The van der Waals surface area contributed by atoms with E-state index in [0.29, 0.717) is 6.42 Å². The van der Waals surface area contributed by atoms with Gasteiger partial charge in [0.05, 0.1) is 12.5 Å². The summed E-state index contributed by atoms with van der Waals surface area (Å²) < 4.78 is 40.9. The van der Waals surface area contributed by atoms with E-state index in [2.05, 4.69) is 5.32 Å². The maximum Gasteiger partial charge on any atom is 0.389 e. The number of rotatable bonds is 6. The molecule has 2 nitrogen and oxygen atoms in total. The molecule has 0 fully saturated rings. The largest absolute Gasteiger partial charge is 0.472 e. The van der Waals surface area contributed by atoms with Gasteiger partial charge in [0.25, 0.3) is 0 Å². The third-order valence-electron chi connectivity index (χ3n) is 2.35. The van der Waals surface area contributed by atoms with Crippen molar-refractivity contribution >= 4 is 0 Å². The molecule has 5 heteroatoms. The zero-order chi connectivity index (χ0) is 12.0. The van der Waals surface area contributed by atoms with E-state index in [1.54, 1.807) is 12.3 Å². The number of hydrogen-bond donors (Lipinski definition) is 1. The van der Waals surface area contributed by atoms with Crippen LogP contribution in [0.3, 0.4) is 0 Å². The van der Waals surface area contributed by atoms with Crippen LogP contribution in [0.5, 0.6) is 0 Å². The summed E-state index contributed by atoms with van der Waals surface area (Å²) >= 11 is 0. The molecular formula is C11H16F3NO. The summed E-state index contributed by atoms with van der Waals surface area (Å²) in [6, 6.07) is 1.73. The van der Waals surface area contributed by atoms with Crippen molar-refractivity contribution in [1.29, 1.82) is 0 Å². The average Bonchev–Trinajstić information content (AvgIpc) is 2.67. The van der Waals surface area contributed by atoms with Crippen LogP contribution >= 0.6 is 0 Å². The van der Waals surface area contributed by atoms with Gasteiger partial charge < -0.3 is 9.73 Å². The predicted octanol–water partition coefficient (Wildman–Crippen LogP) is 3.66. The molecule has 1 aromatic rings. The summed E-state index contributed by atoms with van der Waals surface area (Å²) in [4.78, 5) is 0. The molecule has 0 aliphatic heterocycles. The van der Waals surface area contributed by atoms with Crippen LogP contribution in [0.15, 0.2) is 23.0 Å². The highest BCUT2D eigenvalue weighted by Gasteiger charge is 2.26. The quantitative estimate of drug-likeness (QED) is 0.813. The van der Waals surface area contributed by atoms with Crippen LogP contribution in [0.2, 0.25) is 0 Å². The number of nitrogens with one attached hydrogen (secondary N) is 1. The molecule has 0 aliphatic carbocycles. The second kappa shape index (κ2) is 5.94. The van der Waals surface area contributed by atoms with E-state index in [-0.39, 0.29) is 12.5 Å². The fraction of sp³-hybridized carbons (Fsp3) is 0.636. The van der Waals surface area contributed by atoms with Crippen LogP contribution < -0.4 is 5.32 Å². The van der Waals surface area contributed by atoms with E-state index in [0.717, 1.165) is 12.1 Å². The number of furan rings is 1. The molecule has 1 heterocycles. The standard InChI is InChI=1S/C11H16F3NO/c1-2-15-10(9-5-7-16-8-9)4-3-6-11(12,13)14/h5,7-8,10,15H,2-4,6H2,1H3. The Kier molecular flexibility index (Phi) is 4.86. The van der Waals surface area contributed by atoms with Gasteiger partial charge in [0.1, 0.15) is 0 Å². The molecule has 0 aliphatic rings. The van der Waals surface area contributed by atoms with Crippen LogP contribution in [-0.2, 0) is 0 Å². The lowest BCUT2D eigenvalue weighted by molar-refractivity contribution is -0.135. The summed E-state index contributed by atoms with van der Waals surface area (Å²) in [5.41, 5.74) is 0.907. The van der Waals surface area contributed by atoms with Crippen LogP contribution in [-0.4, -0.2) is 12.7 Å². The number of hydrogen-bond acceptors (Lipinski definition) is 2. The van der Waals surface area contributed by atoms with Crippen molar-refractivity contribution in [1.82, 2.24) is 5.32 Å². The summed E-state index contributed by atoms with van der Waals surface area (Å²) in [7, 11) is 0. The van der Waals surface area contributed by atoms with Gasteiger partial charge in [0.15, 0.2) is 0 Å². The Bertz CT molecular complexity index is 282. The molecule has 1 aromatic heterocycles. The minimum atomic E-state index is -4.06. The molecule has 1 atom stereocenters. The lowest BCUT2D eigenvalue weighted by Crippen LogP contribution is -2.21. The van der Waals surface area contributed by atoms with Crippen LogP contribution in [0.4, 0.5) is 13.2 Å². The lowest BCUT2D eigenvalue weighted by Gasteiger charge is -2.16. The van der Waals surface area contributed by atoms with E-state index in [1.165, 1.54) is 6.26 Å². The van der Waals surface area contributed by atoms with Gasteiger partial charge in [0, 0.05) is 18.0 Å². The zero-order valence-electron chi connectivity index (χ0n) is 9.18. The fourth-order valence-electron chi connectivity index (χ4n) is 1.61. The van der Waals surface area contributed by atoms with E-state index in [1.807, 2.05) is 6.92 Å². The topological polar surface area (TPSA) is 25.2 Å². The molecule has 16 heavy (non-hydrogen) atoms. The Morgan fingerprint density at radius 1 is 1.44 bits per heavy atom. The minimum absolute atomic E-state index is 0.0499. The van der Waals surface area contributed by atoms with Gasteiger partial charge in [-0.1, -0.05) is 6.92 Å². The van der Waals surface area contributed by atoms with Crippen molar-refractivity contribution in [3.63, 3.8) is 0 Å². The van der Waals surface area contributed by atoms with Gasteiger partial charge in [-0.3, -0.25) is 0 Å². The minimum Gasteiger partial charge on any atom is -0.472 e. The zero-order valence-corrected chi connectivity index (χ0v) is 9.18. The fourth-order valence-corrected chi connectivity index (χ4v) is 1.61. The van der Waals surface area contributed by atoms with E-state index >= 15 is 0 Å². The van der Waals surface area contributed by atoms with Crippen LogP contribution in [0.1, 0.15) is 37.8 Å². The first kappa shape index (κ1) is 13.1. The van der Waals surface area contributed by atoms with Gasteiger partial charge in [-0.15, -0.1) is 0 Å². The van der Waals surface area contributed by atoms with Crippen molar-refractivity contribution in [3.05, 3.63) is 24.2 Å². The van der Waals surface area contributed by atoms with Crippen molar-refractivity contribution in [2.75, 3.05) is 6.54 Å². The Morgan fingerprint density at radius 2 is 2.19 bits per heavy atom. The van der Waals surface area contributed by atoms with Gasteiger partial charge in [-0.2, -0.15) is 13.2 Å². The third kappa shape index (κ3) is 4.70. The van der Waals surface area contributed by atoms with E-state index < -0.39 is 12.6 Å². The molecule has 0 saturated carbocycles. The highest BCUT2D eigenvalue weighted by Crippen LogP contribution is 2.26. The maximum absolute atomic E-state index is 12.0. The Balaban J connectivity index is 2.41. The SMILES string of the molecule is CCNC(CCCC(F)(F)F)c1ccoc1. The molecule has 1 unspecified atom stereocenters. The van der Waals surface area contributed by atoms with Crippen molar-refractivity contribution in [2.24, 2.45) is 0 Å². The average molecular weight is 235 g/mol. The maximum atomic E-state index is 12.0.